The summed E-state index contributed by atoms with van der Waals surface area (Å²) in [6.07, 6.45) is 0. The van der Waals surface area contributed by atoms with Crippen molar-refractivity contribution in [1.29, 1.82) is 0 Å². The van der Waals surface area contributed by atoms with Crippen LogP contribution in [0, 0.1) is 0 Å². The number of halogens is 1. The number of pyridine rings is 1. The van der Waals surface area contributed by atoms with E-state index >= 15 is 0 Å². The molecule has 4 nitrogen and oxygen atoms in total. The quantitative estimate of drug-likeness (QED) is 0.477. The van der Waals surface area contributed by atoms with Crippen molar-refractivity contribution in [2.45, 2.75) is 0 Å². The summed E-state index contributed by atoms with van der Waals surface area (Å²) < 4.78 is 0. The molecule has 0 fully saturated rings. The van der Waals surface area contributed by atoms with Gasteiger partial charge >= 0.3 is 0 Å². The Labute approximate surface area is 124 Å². The number of hydrogen-bond donors (Lipinski definition) is 3. The lowest BCUT2D eigenvalue weighted by Gasteiger charge is -2.10. The number of anilines is 1. The van der Waals surface area contributed by atoms with Crippen LogP contribution in [-0.4, -0.2) is 10.1 Å². The standard InChI is InChI=1S/C14H10ClN3OS/c15-9-5-1-3-7-11(9)18-12-8(13(7)19)4-2-6-10(12)17-14(16)20/h1-6H,(H,18,19)(H3,16,17,20). The fourth-order valence-electron chi connectivity index (χ4n) is 2.22. The highest BCUT2D eigenvalue weighted by Crippen LogP contribution is 2.25. The molecule has 4 N–H and O–H groups in total. The number of rotatable bonds is 1. The summed E-state index contributed by atoms with van der Waals surface area (Å²) in [7, 11) is 0. The molecule has 2 aromatic carbocycles. The van der Waals surface area contributed by atoms with Crippen LogP contribution in [0.4, 0.5) is 5.69 Å². The second-order valence-electron chi connectivity index (χ2n) is 4.33. The SMILES string of the molecule is NC(=S)Nc1cccc2c(=O)c3cccc(Cl)c3[nH]c12. The molecule has 0 saturated heterocycles. The van der Waals surface area contributed by atoms with Gasteiger partial charge in [-0.25, -0.2) is 0 Å². The lowest BCUT2D eigenvalue weighted by molar-refractivity contribution is 1.47. The van der Waals surface area contributed by atoms with Crippen molar-refractivity contribution in [1.82, 2.24) is 4.98 Å². The van der Waals surface area contributed by atoms with E-state index < -0.39 is 0 Å². The highest BCUT2D eigenvalue weighted by atomic mass is 35.5. The van der Waals surface area contributed by atoms with Gasteiger partial charge in [0.2, 0.25) is 0 Å². The predicted octanol–water partition coefficient (Wildman–Crippen LogP) is 2.99. The van der Waals surface area contributed by atoms with E-state index in [1.165, 1.54) is 0 Å². The summed E-state index contributed by atoms with van der Waals surface area (Å²) in [4.78, 5) is 15.7. The Balaban J connectivity index is 2.47. The van der Waals surface area contributed by atoms with Crippen molar-refractivity contribution >= 4 is 56.4 Å². The molecule has 0 aliphatic rings. The van der Waals surface area contributed by atoms with E-state index in [0.717, 1.165) is 0 Å². The van der Waals surface area contributed by atoms with E-state index in [9.17, 15) is 4.79 Å². The Morgan fingerprint density at radius 1 is 1.15 bits per heavy atom. The molecule has 20 heavy (non-hydrogen) atoms. The molecule has 0 spiro atoms. The summed E-state index contributed by atoms with van der Waals surface area (Å²) >= 11 is 11.0. The smallest absolute Gasteiger partial charge is 0.197 e. The first-order valence-electron chi connectivity index (χ1n) is 5.87. The summed E-state index contributed by atoms with van der Waals surface area (Å²) in [5, 5.41) is 4.59. The molecular formula is C14H10ClN3OS. The van der Waals surface area contributed by atoms with Crippen LogP contribution in [0.25, 0.3) is 21.8 Å². The maximum atomic E-state index is 12.5. The Kier molecular flexibility index (Phi) is 3.08. The molecule has 0 bridgehead atoms. The number of nitrogens with two attached hydrogens (primary N) is 1. The minimum Gasteiger partial charge on any atom is -0.376 e. The highest BCUT2D eigenvalue weighted by Gasteiger charge is 2.10. The number of nitrogens with one attached hydrogen (secondary N) is 2. The number of aromatic nitrogens is 1. The molecule has 0 unspecified atom stereocenters. The Morgan fingerprint density at radius 2 is 1.80 bits per heavy atom. The topological polar surface area (TPSA) is 70.9 Å². The second kappa shape index (κ2) is 4.77. The van der Waals surface area contributed by atoms with Gasteiger partial charge in [0.15, 0.2) is 10.5 Å². The van der Waals surface area contributed by atoms with Crippen LogP contribution in [0.2, 0.25) is 5.02 Å². The fraction of sp³-hybridized carbons (Fsp3) is 0. The van der Waals surface area contributed by atoms with Crippen LogP contribution in [0.5, 0.6) is 0 Å². The maximum Gasteiger partial charge on any atom is 0.197 e. The minimum absolute atomic E-state index is 0.0807. The van der Waals surface area contributed by atoms with Gasteiger partial charge in [0, 0.05) is 10.8 Å². The van der Waals surface area contributed by atoms with Gasteiger partial charge in [0.05, 0.1) is 21.7 Å². The average molecular weight is 304 g/mol. The lowest BCUT2D eigenvalue weighted by atomic mass is 10.1. The summed E-state index contributed by atoms with van der Waals surface area (Å²) in [6, 6.07) is 10.5. The van der Waals surface area contributed by atoms with Gasteiger partial charge in [-0.1, -0.05) is 23.7 Å². The molecule has 1 heterocycles. The van der Waals surface area contributed by atoms with E-state index in [2.05, 4.69) is 10.3 Å². The Morgan fingerprint density at radius 3 is 2.50 bits per heavy atom. The molecule has 0 amide bonds. The van der Waals surface area contributed by atoms with E-state index in [-0.39, 0.29) is 10.5 Å². The van der Waals surface area contributed by atoms with Crippen molar-refractivity contribution in [2.24, 2.45) is 5.73 Å². The molecule has 100 valence electrons. The highest BCUT2D eigenvalue weighted by molar-refractivity contribution is 7.80. The molecule has 3 aromatic rings. The molecule has 0 radical (unpaired) electrons. The second-order valence-corrected chi connectivity index (χ2v) is 5.18. The zero-order valence-electron chi connectivity index (χ0n) is 10.2. The fourth-order valence-corrected chi connectivity index (χ4v) is 2.56. The van der Waals surface area contributed by atoms with Gasteiger partial charge in [-0.2, -0.15) is 0 Å². The predicted molar refractivity (Wildman–Crippen MR) is 87.5 cm³/mol. The molecule has 0 atom stereocenters. The van der Waals surface area contributed by atoms with E-state index in [1.807, 2.05) is 0 Å². The molecule has 6 heteroatoms. The number of benzene rings is 2. The van der Waals surface area contributed by atoms with Crippen molar-refractivity contribution in [3.05, 3.63) is 51.6 Å². The van der Waals surface area contributed by atoms with Gasteiger partial charge in [0.1, 0.15) is 0 Å². The molecule has 0 saturated carbocycles. The van der Waals surface area contributed by atoms with Gasteiger partial charge in [-0.05, 0) is 36.5 Å². The van der Waals surface area contributed by atoms with Gasteiger partial charge in [-0.15, -0.1) is 0 Å². The summed E-state index contributed by atoms with van der Waals surface area (Å²) in [5.74, 6) is 0. The first-order valence-corrected chi connectivity index (χ1v) is 6.66. The van der Waals surface area contributed by atoms with Crippen LogP contribution >= 0.6 is 23.8 Å². The zero-order chi connectivity index (χ0) is 14.3. The largest absolute Gasteiger partial charge is 0.376 e. The van der Waals surface area contributed by atoms with Crippen LogP contribution in [0.15, 0.2) is 41.2 Å². The van der Waals surface area contributed by atoms with Gasteiger partial charge in [0.25, 0.3) is 0 Å². The number of fused-ring (bicyclic) bond motifs is 2. The van der Waals surface area contributed by atoms with E-state index in [1.54, 1.807) is 36.4 Å². The van der Waals surface area contributed by atoms with Crippen LogP contribution in [0.3, 0.4) is 0 Å². The third kappa shape index (κ3) is 2.01. The van der Waals surface area contributed by atoms with Crippen LogP contribution in [-0.2, 0) is 0 Å². The number of hydrogen-bond acceptors (Lipinski definition) is 2. The number of thiocarbonyl (C=S) groups is 1. The van der Waals surface area contributed by atoms with Crippen LogP contribution < -0.4 is 16.5 Å². The average Bonchev–Trinajstić information content (AvgIpc) is 2.41. The summed E-state index contributed by atoms with van der Waals surface area (Å²) in [5.41, 5.74) is 7.30. The molecule has 1 aromatic heterocycles. The molecule has 3 rings (SSSR count). The van der Waals surface area contributed by atoms with Crippen molar-refractivity contribution in [2.75, 3.05) is 5.32 Å². The van der Waals surface area contributed by atoms with E-state index in [0.29, 0.717) is 32.5 Å². The maximum absolute atomic E-state index is 12.5. The number of para-hydroxylation sites is 2. The Hall–Kier alpha value is -2.11. The van der Waals surface area contributed by atoms with Crippen molar-refractivity contribution < 1.29 is 0 Å². The first-order chi connectivity index (χ1) is 9.58. The Bertz CT molecular complexity index is 904. The van der Waals surface area contributed by atoms with E-state index in [4.69, 9.17) is 29.6 Å². The monoisotopic (exact) mass is 303 g/mol. The van der Waals surface area contributed by atoms with Gasteiger partial charge < -0.3 is 16.0 Å². The first kappa shape index (κ1) is 12.9. The molecule has 0 aliphatic carbocycles. The zero-order valence-corrected chi connectivity index (χ0v) is 11.8. The normalized spacial score (nSPS) is 10.8. The minimum atomic E-state index is -0.0807. The van der Waals surface area contributed by atoms with Crippen LogP contribution in [0.1, 0.15) is 0 Å². The third-order valence-corrected chi connectivity index (χ3v) is 3.49. The number of H-pyrrole nitrogens is 1. The summed E-state index contributed by atoms with van der Waals surface area (Å²) in [6.45, 7) is 0. The lowest BCUT2D eigenvalue weighted by Crippen LogP contribution is -2.19. The van der Waals surface area contributed by atoms with Gasteiger partial charge in [-0.3, -0.25) is 4.79 Å². The van der Waals surface area contributed by atoms with Crippen molar-refractivity contribution in [3.63, 3.8) is 0 Å². The van der Waals surface area contributed by atoms with Crippen molar-refractivity contribution in [3.8, 4) is 0 Å². The molecular weight excluding hydrogens is 294 g/mol. The molecule has 0 aliphatic heterocycles. The number of aromatic amines is 1. The third-order valence-electron chi connectivity index (χ3n) is 3.08.